The Hall–Kier alpha value is -3.06. The number of nitrogens with zero attached hydrogens (tertiary/aromatic N) is 2. The summed E-state index contributed by atoms with van der Waals surface area (Å²) in [6, 6.07) is 11.3. The highest BCUT2D eigenvalue weighted by Gasteiger charge is 2.20. The van der Waals surface area contributed by atoms with Gasteiger partial charge in [0.2, 0.25) is 11.7 Å². The Bertz CT molecular complexity index is 1060. The Balaban J connectivity index is 1.61. The Morgan fingerprint density at radius 2 is 2.00 bits per heavy atom. The number of para-hydroxylation sites is 1. The van der Waals surface area contributed by atoms with Crippen molar-refractivity contribution < 1.29 is 13.3 Å². The molecule has 0 radical (unpaired) electrons. The number of aromatic amines is 1. The van der Waals surface area contributed by atoms with Gasteiger partial charge in [-0.25, -0.2) is 8.78 Å². The van der Waals surface area contributed by atoms with Crippen molar-refractivity contribution >= 4 is 10.9 Å². The molecule has 4 aromatic rings. The monoisotopic (exact) mass is 354 g/mol. The molecule has 2 aromatic carbocycles. The van der Waals surface area contributed by atoms with Crippen LogP contribution in [0.3, 0.4) is 0 Å². The highest BCUT2D eigenvalue weighted by atomic mass is 19.2. The zero-order valence-corrected chi connectivity index (χ0v) is 14.0. The number of rotatable bonds is 5. The smallest absolute Gasteiger partial charge is 0.244 e. The lowest BCUT2D eigenvalue weighted by molar-refractivity contribution is 0.337. The van der Waals surface area contributed by atoms with Crippen LogP contribution in [-0.2, 0) is 6.42 Å². The van der Waals surface area contributed by atoms with Crippen LogP contribution in [0.25, 0.3) is 22.3 Å². The number of hydrogen-bond donors (Lipinski definition) is 2. The van der Waals surface area contributed by atoms with E-state index < -0.39 is 11.6 Å². The lowest BCUT2D eigenvalue weighted by atomic mass is 10.1. The Morgan fingerprint density at radius 1 is 1.15 bits per heavy atom. The number of likely N-dealkylation sites (N-methyl/N-ethyl adjacent to an activating group) is 1. The second kappa shape index (κ2) is 6.68. The second-order valence-corrected chi connectivity index (χ2v) is 5.99. The van der Waals surface area contributed by atoms with Crippen LogP contribution in [0.1, 0.15) is 17.5 Å². The molecule has 5 nitrogen and oxygen atoms in total. The molecule has 0 bridgehead atoms. The number of fused-ring (bicyclic) bond motifs is 1. The van der Waals surface area contributed by atoms with Crippen molar-refractivity contribution in [2.45, 2.75) is 12.5 Å². The fourth-order valence-corrected chi connectivity index (χ4v) is 2.96. The predicted octanol–water partition coefficient (Wildman–Crippen LogP) is 4.00. The second-order valence-electron chi connectivity index (χ2n) is 5.99. The fraction of sp³-hybridized carbons (Fsp3) is 0.158. The molecule has 4 rings (SSSR count). The molecule has 1 atom stereocenters. The summed E-state index contributed by atoms with van der Waals surface area (Å²) in [4.78, 5) is 7.58. The lowest BCUT2D eigenvalue weighted by Crippen LogP contribution is -2.19. The van der Waals surface area contributed by atoms with E-state index in [0.29, 0.717) is 17.9 Å². The Kier molecular flexibility index (Phi) is 4.22. The summed E-state index contributed by atoms with van der Waals surface area (Å²) < 4.78 is 31.9. The van der Waals surface area contributed by atoms with Gasteiger partial charge in [-0.15, -0.1) is 0 Å². The van der Waals surface area contributed by atoms with Crippen molar-refractivity contribution in [3.05, 3.63) is 71.8 Å². The van der Waals surface area contributed by atoms with Gasteiger partial charge < -0.3 is 14.8 Å². The summed E-state index contributed by atoms with van der Waals surface area (Å²) in [7, 11) is 1.81. The molecule has 1 unspecified atom stereocenters. The van der Waals surface area contributed by atoms with E-state index in [1.165, 1.54) is 6.07 Å². The Morgan fingerprint density at radius 3 is 2.81 bits per heavy atom. The molecule has 2 aromatic heterocycles. The first kappa shape index (κ1) is 16.4. The van der Waals surface area contributed by atoms with Gasteiger partial charge in [-0.3, -0.25) is 0 Å². The number of benzene rings is 2. The standard InChI is InChI=1S/C19H16F2N4O/c1-22-17(9-12-10-23-16-5-3-2-4-13(12)16)19-24-18(25-26-19)11-6-7-14(20)15(21)8-11/h2-8,10,17,22-23H,9H2,1H3. The van der Waals surface area contributed by atoms with E-state index in [2.05, 4.69) is 26.5 Å². The lowest BCUT2D eigenvalue weighted by Gasteiger charge is -2.10. The molecule has 2 heterocycles. The summed E-state index contributed by atoms with van der Waals surface area (Å²) in [5.41, 5.74) is 2.54. The maximum atomic E-state index is 13.4. The van der Waals surface area contributed by atoms with Crippen LogP contribution in [0, 0.1) is 11.6 Å². The third-order valence-electron chi connectivity index (χ3n) is 4.37. The van der Waals surface area contributed by atoms with Crippen molar-refractivity contribution in [3.63, 3.8) is 0 Å². The minimum absolute atomic E-state index is 0.208. The molecule has 0 amide bonds. The van der Waals surface area contributed by atoms with Crippen LogP contribution in [0.4, 0.5) is 8.78 Å². The molecule has 132 valence electrons. The van der Waals surface area contributed by atoms with E-state index in [1.807, 2.05) is 24.4 Å². The van der Waals surface area contributed by atoms with Gasteiger partial charge in [0.1, 0.15) is 0 Å². The van der Waals surface area contributed by atoms with Gasteiger partial charge in [0.25, 0.3) is 0 Å². The average Bonchev–Trinajstić information content (AvgIpc) is 3.29. The largest absolute Gasteiger partial charge is 0.361 e. The zero-order chi connectivity index (χ0) is 18.1. The molecule has 0 saturated carbocycles. The molecule has 0 aliphatic carbocycles. The van der Waals surface area contributed by atoms with Gasteiger partial charge in [0, 0.05) is 22.7 Å². The van der Waals surface area contributed by atoms with Crippen molar-refractivity contribution in [1.29, 1.82) is 0 Å². The highest BCUT2D eigenvalue weighted by molar-refractivity contribution is 5.83. The van der Waals surface area contributed by atoms with E-state index >= 15 is 0 Å². The minimum atomic E-state index is -0.946. The number of aromatic nitrogens is 3. The van der Waals surface area contributed by atoms with Gasteiger partial charge in [0.05, 0.1) is 6.04 Å². The summed E-state index contributed by atoms with van der Waals surface area (Å²) in [6.07, 6.45) is 2.60. The number of H-pyrrole nitrogens is 1. The first-order valence-corrected chi connectivity index (χ1v) is 8.17. The van der Waals surface area contributed by atoms with Crippen LogP contribution < -0.4 is 5.32 Å². The molecule has 0 spiro atoms. The average molecular weight is 354 g/mol. The van der Waals surface area contributed by atoms with E-state index in [0.717, 1.165) is 28.6 Å². The number of hydrogen-bond acceptors (Lipinski definition) is 4. The summed E-state index contributed by atoms with van der Waals surface area (Å²) in [5, 5.41) is 8.19. The van der Waals surface area contributed by atoms with Crippen molar-refractivity contribution in [3.8, 4) is 11.4 Å². The van der Waals surface area contributed by atoms with E-state index in [-0.39, 0.29) is 11.9 Å². The van der Waals surface area contributed by atoms with Crippen LogP contribution >= 0.6 is 0 Å². The van der Waals surface area contributed by atoms with Gasteiger partial charge in [-0.2, -0.15) is 4.98 Å². The van der Waals surface area contributed by atoms with Crippen molar-refractivity contribution in [1.82, 2.24) is 20.4 Å². The Labute approximate surface area is 148 Å². The minimum Gasteiger partial charge on any atom is -0.361 e. The van der Waals surface area contributed by atoms with Gasteiger partial charge in [-0.1, -0.05) is 23.4 Å². The first-order chi connectivity index (χ1) is 12.7. The van der Waals surface area contributed by atoms with Crippen LogP contribution in [0.15, 0.2) is 53.2 Å². The predicted molar refractivity (Wildman–Crippen MR) is 93.5 cm³/mol. The quantitative estimate of drug-likeness (QED) is 0.568. The first-order valence-electron chi connectivity index (χ1n) is 8.17. The molecule has 2 N–H and O–H groups in total. The number of nitrogens with one attached hydrogen (secondary N) is 2. The molecule has 0 aliphatic heterocycles. The van der Waals surface area contributed by atoms with Crippen molar-refractivity contribution in [2.75, 3.05) is 7.05 Å². The van der Waals surface area contributed by atoms with E-state index in [4.69, 9.17) is 4.52 Å². The van der Waals surface area contributed by atoms with Crippen molar-refractivity contribution in [2.24, 2.45) is 0 Å². The summed E-state index contributed by atoms with van der Waals surface area (Å²) >= 11 is 0. The molecule has 0 saturated heterocycles. The highest BCUT2D eigenvalue weighted by Crippen LogP contribution is 2.25. The van der Waals surface area contributed by atoms with Crippen LogP contribution in [0.2, 0.25) is 0 Å². The fourth-order valence-electron chi connectivity index (χ4n) is 2.96. The third-order valence-corrected chi connectivity index (χ3v) is 4.37. The molecule has 26 heavy (non-hydrogen) atoms. The maximum absolute atomic E-state index is 13.4. The van der Waals surface area contributed by atoms with Crippen LogP contribution in [-0.4, -0.2) is 22.2 Å². The molecule has 0 aliphatic rings. The summed E-state index contributed by atoms with van der Waals surface area (Å²) in [6.45, 7) is 0. The molecule has 0 fully saturated rings. The normalized spacial score (nSPS) is 12.6. The van der Waals surface area contributed by atoms with Gasteiger partial charge >= 0.3 is 0 Å². The van der Waals surface area contributed by atoms with Gasteiger partial charge in [-0.05, 0) is 43.3 Å². The number of halogens is 2. The topological polar surface area (TPSA) is 66.7 Å². The van der Waals surface area contributed by atoms with E-state index in [1.54, 1.807) is 7.05 Å². The maximum Gasteiger partial charge on any atom is 0.244 e. The van der Waals surface area contributed by atoms with E-state index in [9.17, 15) is 8.78 Å². The third kappa shape index (κ3) is 2.97. The SMILES string of the molecule is CNC(Cc1c[nH]c2ccccc12)c1nc(-c2ccc(F)c(F)c2)no1. The molecule has 7 heteroatoms. The molecular weight excluding hydrogens is 338 g/mol. The zero-order valence-electron chi connectivity index (χ0n) is 14.0. The van der Waals surface area contributed by atoms with Gasteiger partial charge in [0.15, 0.2) is 11.6 Å². The summed E-state index contributed by atoms with van der Waals surface area (Å²) in [5.74, 6) is -1.25. The van der Waals surface area contributed by atoms with Crippen LogP contribution in [0.5, 0.6) is 0 Å². The molecular formula is C19H16F2N4O.